The van der Waals surface area contributed by atoms with E-state index in [1.807, 2.05) is 18.2 Å². The molecule has 1 aliphatic carbocycles. The lowest BCUT2D eigenvalue weighted by molar-refractivity contribution is -0.150. The summed E-state index contributed by atoms with van der Waals surface area (Å²) in [5.41, 5.74) is 1.74. The molecular formula is C25H38N2O4. The smallest absolute Gasteiger partial charge is 0.326 e. The highest BCUT2D eigenvalue weighted by atomic mass is 16.4. The fraction of sp³-hybridized carbons (Fsp3) is 0.640. The van der Waals surface area contributed by atoms with Crippen molar-refractivity contribution in [1.29, 1.82) is 0 Å². The number of carboxylic acid groups (broad SMARTS) is 1. The maximum atomic E-state index is 13.0. The van der Waals surface area contributed by atoms with Gasteiger partial charge in [0.25, 0.3) is 0 Å². The minimum absolute atomic E-state index is 0.0813. The molecule has 6 heteroatoms. The van der Waals surface area contributed by atoms with Crippen LogP contribution in [0.4, 0.5) is 0 Å². The minimum Gasteiger partial charge on any atom is -0.480 e. The van der Waals surface area contributed by atoms with Crippen LogP contribution >= 0.6 is 0 Å². The van der Waals surface area contributed by atoms with Gasteiger partial charge in [0.15, 0.2) is 0 Å². The van der Waals surface area contributed by atoms with Crippen LogP contribution in [0.5, 0.6) is 0 Å². The Labute approximate surface area is 186 Å². The highest BCUT2D eigenvalue weighted by Crippen LogP contribution is 2.22. The Kier molecular flexibility index (Phi) is 10.5. The Balaban J connectivity index is 2.01. The summed E-state index contributed by atoms with van der Waals surface area (Å²) in [6, 6.07) is -0.918. The van der Waals surface area contributed by atoms with E-state index in [0.29, 0.717) is 32.4 Å². The van der Waals surface area contributed by atoms with Gasteiger partial charge in [-0.15, -0.1) is 0 Å². The number of unbranched alkanes of at least 4 members (excludes halogenated alkanes) is 4. The number of aliphatic carboxylic acids is 1. The highest BCUT2D eigenvalue weighted by molar-refractivity contribution is 5.85. The molecule has 0 spiro atoms. The molecule has 2 rings (SSSR count). The van der Waals surface area contributed by atoms with Gasteiger partial charge in [0, 0.05) is 38.9 Å². The second-order valence-electron chi connectivity index (χ2n) is 8.63. The third-order valence-corrected chi connectivity index (χ3v) is 6.05. The lowest BCUT2D eigenvalue weighted by Gasteiger charge is -2.30. The average Bonchev–Trinajstić information content (AvgIpc) is 2.82. The van der Waals surface area contributed by atoms with Crippen LogP contribution in [-0.4, -0.2) is 58.4 Å². The van der Waals surface area contributed by atoms with Gasteiger partial charge in [-0.1, -0.05) is 63.0 Å². The van der Waals surface area contributed by atoms with Crippen LogP contribution in [0.1, 0.15) is 77.6 Å². The SMILES string of the molecule is C=C1CCN(C(=O)CCCCCCC)CCC(=O)N(C(CC2=CCCC=C2)C(=O)O)C1. The molecule has 1 heterocycles. The molecule has 0 aromatic rings. The fourth-order valence-electron chi connectivity index (χ4n) is 4.13. The third kappa shape index (κ3) is 8.35. The summed E-state index contributed by atoms with van der Waals surface area (Å²) in [6.45, 7) is 7.34. The first kappa shape index (κ1) is 24.9. The Morgan fingerprint density at radius 1 is 1.13 bits per heavy atom. The molecule has 0 saturated carbocycles. The maximum Gasteiger partial charge on any atom is 0.326 e. The van der Waals surface area contributed by atoms with Crippen molar-refractivity contribution in [2.24, 2.45) is 0 Å². The molecule has 0 bridgehead atoms. The first-order valence-corrected chi connectivity index (χ1v) is 11.7. The number of carbonyl (C=O) groups is 3. The molecule has 0 aromatic heterocycles. The Bertz CT molecular complexity index is 710. The molecule has 1 atom stereocenters. The first-order chi connectivity index (χ1) is 14.9. The van der Waals surface area contributed by atoms with Crippen LogP contribution in [0.2, 0.25) is 0 Å². The van der Waals surface area contributed by atoms with Gasteiger partial charge >= 0.3 is 5.97 Å². The van der Waals surface area contributed by atoms with Gasteiger partial charge in [-0.3, -0.25) is 9.59 Å². The zero-order chi connectivity index (χ0) is 22.6. The van der Waals surface area contributed by atoms with Crippen LogP contribution in [0.25, 0.3) is 0 Å². The first-order valence-electron chi connectivity index (χ1n) is 11.7. The number of carboxylic acids is 1. The number of amides is 2. The summed E-state index contributed by atoms with van der Waals surface area (Å²) < 4.78 is 0. The van der Waals surface area contributed by atoms with E-state index in [4.69, 9.17) is 0 Å². The van der Waals surface area contributed by atoms with Gasteiger partial charge in [-0.25, -0.2) is 4.79 Å². The lowest BCUT2D eigenvalue weighted by atomic mass is 9.98. The zero-order valence-corrected chi connectivity index (χ0v) is 19.0. The van der Waals surface area contributed by atoms with E-state index in [-0.39, 0.29) is 24.8 Å². The molecular weight excluding hydrogens is 392 g/mol. The number of hydrogen-bond donors (Lipinski definition) is 1. The van der Waals surface area contributed by atoms with Gasteiger partial charge in [-0.05, 0) is 31.3 Å². The fourth-order valence-corrected chi connectivity index (χ4v) is 4.13. The van der Waals surface area contributed by atoms with Gasteiger partial charge < -0.3 is 14.9 Å². The van der Waals surface area contributed by atoms with E-state index in [9.17, 15) is 19.5 Å². The molecule has 0 aromatic carbocycles. The average molecular weight is 431 g/mol. The number of allylic oxidation sites excluding steroid dienone is 3. The second-order valence-corrected chi connectivity index (χ2v) is 8.63. The standard InChI is InChI=1S/C25H38N2O4/c1-3-4-5-6-10-13-23(28)26-16-14-20(2)19-27(24(29)15-17-26)22(25(30)31)18-21-11-8-7-9-12-21/h8,11-12,22H,2-7,9-10,13-19H2,1H3,(H,30,31). The Hall–Kier alpha value is -2.37. The van der Waals surface area contributed by atoms with Crippen molar-refractivity contribution in [1.82, 2.24) is 9.80 Å². The minimum atomic E-state index is -1.000. The topological polar surface area (TPSA) is 77.9 Å². The van der Waals surface area contributed by atoms with Crippen molar-refractivity contribution in [3.05, 3.63) is 36.0 Å². The summed E-state index contributed by atoms with van der Waals surface area (Å²) in [7, 11) is 0. The monoisotopic (exact) mass is 430 g/mol. The van der Waals surface area contributed by atoms with E-state index < -0.39 is 12.0 Å². The summed E-state index contributed by atoms with van der Waals surface area (Å²) in [5.74, 6) is -1.14. The quantitative estimate of drug-likeness (QED) is 0.410. The molecule has 6 nitrogen and oxygen atoms in total. The Morgan fingerprint density at radius 3 is 2.55 bits per heavy atom. The van der Waals surface area contributed by atoms with Crippen molar-refractivity contribution in [2.45, 2.75) is 83.6 Å². The number of nitrogens with zero attached hydrogens (tertiary/aromatic N) is 2. The van der Waals surface area contributed by atoms with Crippen molar-refractivity contribution in [3.63, 3.8) is 0 Å². The molecule has 1 unspecified atom stereocenters. The lowest BCUT2D eigenvalue weighted by Crippen LogP contribution is -2.46. The van der Waals surface area contributed by atoms with E-state index in [1.54, 1.807) is 4.90 Å². The number of rotatable bonds is 10. The molecule has 1 N–H and O–H groups in total. The third-order valence-electron chi connectivity index (χ3n) is 6.05. The van der Waals surface area contributed by atoms with Crippen molar-refractivity contribution in [2.75, 3.05) is 19.6 Å². The molecule has 2 amide bonds. The molecule has 31 heavy (non-hydrogen) atoms. The van der Waals surface area contributed by atoms with Gasteiger partial charge in [0.2, 0.25) is 11.8 Å². The van der Waals surface area contributed by atoms with Crippen LogP contribution in [-0.2, 0) is 14.4 Å². The van der Waals surface area contributed by atoms with Crippen LogP contribution in [0.15, 0.2) is 36.0 Å². The largest absolute Gasteiger partial charge is 0.480 e. The van der Waals surface area contributed by atoms with Crippen molar-refractivity contribution < 1.29 is 19.5 Å². The molecule has 0 radical (unpaired) electrons. The summed E-state index contributed by atoms with van der Waals surface area (Å²) in [5, 5.41) is 9.85. The number of hydrogen-bond acceptors (Lipinski definition) is 3. The van der Waals surface area contributed by atoms with Gasteiger partial charge in [0.1, 0.15) is 6.04 Å². The number of carbonyl (C=O) groups excluding carboxylic acids is 2. The van der Waals surface area contributed by atoms with E-state index >= 15 is 0 Å². The molecule has 1 saturated heterocycles. The predicted molar refractivity (Wildman–Crippen MR) is 123 cm³/mol. The Morgan fingerprint density at radius 2 is 1.87 bits per heavy atom. The van der Waals surface area contributed by atoms with Crippen molar-refractivity contribution >= 4 is 17.8 Å². The normalized spacial score (nSPS) is 18.8. The van der Waals surface area contributed by atoms with Crippen molar-refractivity contribution in [3.8, 4) is 0 Å². The second kappa shape index (κ2) is 13.1. The van der Waals surface area contributed by atoms with Crippen LogP contribution in [0.3, 0.4) is 0 Å². The van der Waals surface area contributed by atoms with Crippen LogP contribution in [0, 0.1) is 0 Å². The molecule has 2 aliphatic rings. The van der Waals surface area contributed by atoms with Crippen LogP contribution < -0.4 is 0 Å². The molecule has 172 valence electrons. The predicted octanol–water partition coefficient (Wildman–Crippen LogP) is 4.47. The van der Waals surface area contributed by atoms with E-state index in [0.717, 1.165) is 43.3 Å². The van der Waals surface area contributed by atoms with Gasteiger partial charge in [-0.2, -0.15) is 0 Å². The zero-order valence-electron chi connectivity index (χ0n) is 19.0. The van der Waals surface area contributed by atoms with E-state index in [1.165, 1.54) is 17.7 Å². The van der Waals surface area contributed by atoms with E-state index in [2.05, 4.69) is 13.5 Å². The maximum absolute atomic E-state index is 13.0. The molecule has 1 aliphatic heterocycles. The summed E-state index contributed by atoms with van der Waals surface area (Å²) in [6.07, 6.45) is 14.9. The molecule has 1 fully saturated rings. The summed E-state index contributed by atoms with van der Waals surface area (Å²) in [4.78, 5) is 40.9. The van der Waals surface area contributed by atoms with Gasteiger partial charge in [0.05, 0.1) is 0 Å². The summed E-state index contributed by atoms with van der Waals surface area (Å²) >= 11 is 0. The highest BCUT2D eigenvalue weighted by Gasteiger charge is 2.32.